The van der Waals surface area contributed by atoms with E-state index >= 15 is 0 Å². The monoisotopic (exact) mass is 262 g/mol. The zero-order valence-corrected chi connectivity index (χ0v) is 12.4. The van der Waals surface area contributed by atoms with E-state index < -0.39 is 0 Å². The molecule has 3 heteroatoms. The average Bonchev–Trinajstić information content (AvgIpc) is 2.32. The van der Waals surface area contributed by atoms with E-state index in [0.717, 1.165) is 23.3 Å². The van der Waals surface area contributed by atoms with Crippen LogP contribution >= 0.6 is 0 Å². The fraction of sp³-hybridized carbons (Fsp3) is 0.438. The molecule has 0 heterocycles. The molecule has 0 aliphatic rings. The first-order chi connectivity index (χ1) is 8.97. The van der Waals surface area contributed by atoms with Crippen LogP contribution in [0.15, 0.2) is 23.8 Å². The van der Waals surface area contributed by atoms with Gasteiger partial charge in [0.05, 0.1) is 13.7 Å². The third kappa shape index (κ3) is 4.43. The zero-order valence-electron chi connectivity index (χ0n) is 12.4. The molecule has 0 saturated heterocycles. The summed E-state index contributed by atoms with van der Waals surface area (Å²) in [5.74, 6) is 0.598. The van der Waals surface area contributed by atoms with Crippen molar-refractivity contribution in [1.29, 1.82) is 0 Å². The molecule has 0 aliphatic carbocycles. The highest BCUT2D eigenvalue weighted by Gasteiger charge is 2.07. The lowest BCUT2D eigenvalue weighted by Crippen LogP contribution is -2.02. The summed E-state index contributed by atoms with van der Waals surface area (Å²) in [4.78, 5) is 11.4. The topological polar surface area (TPSA) is 35.5 Å². The molecule has 0 N–H and O–H groups in total. The third-order valence-electron chi connectivity index (χ3n) is 2.97. The molecule has 0 saturated carbocycles. The van der Waals surface area contributed by atoms with Crippen LogP contribution in [0.1, 0.15) is 30.5 Å². The third-order valence-corrected chi connectivity index (χ3v) is 2.97. The summed E-state index contributed by atoms with van der Waals surface area (Å²) in [6, 6.07) is 4.14. The second kappa shape index (κ2) is 6.98. The summed E-state index contributed by atoms with van der Waals surface area (Å²) in [5, 5.41) is 0. The minimum absolute atomic E-state index is 0.281. The van der Waals surface area contributed by atoms with Crippen molar-refractivity contribution < 1.29 is 14.3 Å². The number of benzene rings is 1. The van der Waals surface area contributed by atoms with Gasteiger partial charge in [-0.3, -0.25) is 0 Å². The Morgan fingerprint density at radius 2 is 1.95 bits per heavy atom. The summed E-state index contributed by atoms with van der Waals surface area (Å²) >= 11 is 0. The van der Waals surface area contributed by atoms with Crippen LogP contribution < -0.4 is 4.74 Å². The van der Waals surface area contributed by atoms with Gasteiger partial charge in [0.2, 0.25) is 0 Å². The van der Waals surface area contributed by atoms with Crippen LogP contribution in [0, 0.1) is 13.8 Å². The minimum atomic E-state index is -0.281. The molecule has 0 aromatic heterocycles. The van der Waals surface area contributed by atoms with Crippen molar-refractivity contribution in [3.8, 4) is 5.75 Å². The van der Waals surface area contributed by atoms with Gasteiger partial charge in [0.1, 0.15) is 5.75 Å². The van der Waals surface area contributed by atoms with Crippen molar-refractivity contribution in [3.05, 3.63) is 40.5 Å². The molecule has 0 radical (unpaired) electrons. The van der Waals surface area contributed by atoms with E-state index in [9.17, 15) is 4.79 Å². The van der Waals surface area contributed by atoms with Crippen molar-refractivity contribution in [1.82, 2.24) is 0 Å². The lowest BCUT2D eigenvalue weighted by Gasteiger charge is -2.11. The molecule has 1 rings (SSSR count). The standard InChI is InChI=1S/C16H22O3/c1-6-19-16(17)8-11(2)7-14-10-15(18-5)13(4)9-12(14)3/h8-10H,6-7H2,1-5H3/b11-8+. The van der Waals surface area contributed by atoms with Gasteiger partial charge in [-0.15, -0.1) is 0 Å². The molecule has 3 nitrogen and oxygen atoms in total. The van der Waals surface area contributed by atoms with E-state index in [1.54, 1.807) is 20.1 Å². The number of methoxy groups -OCH3 is 1. The van der Waals surface area contributed by atoms with E-state index in [2.05, 4.69) is 13.0 Å². The number of ether oxygens (including phenoxy) is 2. The first-order valence-corrected chi connectivity index (χ1v) is 6.46. The SMILES string of the molecule is CCOC(=O)/C=C(\C)Cc1cc(OC)c(C)cc1C. The fourth-order valence-electron chi connectivity index (χ4n) is 2.02. The number of aryl methyl sites for hydroxylation is 2. The molecule has 0 amide bonds. The highest BCUT2D eigenvalue weighted by Crippen LogP contribution is 2.24. The molecule has 19 heavy (non-hydrogen) atoms. The van der Waals surface area contributed by atoms with Gasteiger partial charge >= 0.3 is 5.97 Å². The Morgan fingerprint density at radius 3 is 2.53 bits per heavy atom. The molecule has 0 bridgehead atoms. The first kappa shape index (κ1) is 15.3. The average molecular weight is 262 g/mol. The van der Waals surface area contributed by atoms with Gasteiger partial charge in [0.25, 0.3) is 0 Å². The highest BCUT2D eigenvalue weighted by molar-refractivity contribution is 5.82. The van der Waals surface area contributed by atoms with Gasteiger partial charge in [-0.05, 0) is 56.9 Å². The maximum absolute atomic E-state index is 11.4. The number of rotatable bonds is 5. The molecule has 0 unspecified atom stereocenters. The summed E-state index contributed by atoms with van der Waals surface area (Å²) < 4.78 is 10.2. The van der Waals surface area contributed by atoms with E-state index in [1.807, 2.05) is 19.9 Å². The summed E-state index contributed by atoms with van der Waals surface area (Å²) in [5.41, 5.74) is 4.47. The predicted octanol–water partition coefficient (Wildman–Crippen LogP) is 3.36. The van der Waals surface area contributed by atoms with Gasteiger partial charge < -0.3 is 9.47 Å². The smallest absolute Gasteiger partial charge is 0.330 e. The van der Waals surface area contributed by atoms with Crippen LogP contribution in [-0.2, 0) is 16.0 Å². The van der Waals surface area contributed by atoms with Crippen molar-refractivity contribution in [3.63, 3.8) is 0 Å². The van der Waals surface area contributed by atoms with Crippen LogP contribution in [0.2, 0.25) is 0 Å². The zero-order chi connectivity index (χ0) is 14.4. The Bertz CT molecular complexity index is 487. The molecule has 0 fully saturated rings. The molecule has 0 spiro atoms. The van der Waals surface area contributed by atoms with E-state index in [1.165, 1.54) is 11.1 Å². The van der Waals surface area contributed by atoms with Gasteiger partial charge in [-0.1, -0.05) is 11.6 Å². The normalized spacial score (nSPS) is 11.3. The maximum Gasteiger partial charge on any atom is 0.330 e. The van der Waals surface area contributed by atoms with Crippen LogP contribution in [-0.4, -0.2) is 19.7 Å². The predicted molar refractivity (Wildman–Crippen MR) is 76.6 cm³/mol. The Labute approximate surface area is 115 Å². The maximum atomic E-state index is 11.4. The quantitative estimate of drug-likeness (QED) is 0.603. The number of carbonyl (C=O) groups is 1. The first-order valence-electron chi connectivity index (χ1n) is 6.46. The largest absolute Gasteiger partial charge is 0.496 e. The molecular weight excluding hydrogens is 240 g/mol. The summed E-state index contributed by atoms with van der Waals surface area (Å²) in [7, 11) is 1.67. The molecule has 1 aromatic carbocycles. The Kier molecular flexibility index (Phi) is 5.61. The lowest BCUT2D eigenvalue weighted by atomic mass is 9.98. The molecule has 1 aromatic rings. The van der Waals surface area contributed by atoms with Gasteiger partial charge in [0, 0.05) is 6.08 Å². The van der Waals surface area contributed by atoms with Crippen LogP contribution in [0.5, 0.6) is 5.75 Å². The molecule has 104 valence electrons. The van der Waals surface area contributed by atoms with Crippen molar-refractivity contribution >= 4 is 5.97 Å². The van der Waals surface area contributed by atoms with Gasteiger partial charge in [-0.2, -0.15) is 0 Å². The number of hydrogen-bond acceptors (Lipinski definition) is 3. The van der Waals surface area contributed by atoms with Gasteiger partial charge in [0.15, 0.2) is 0 Å². The summed E-state index contributed by atoms with van der Waals surface area (Å²) in [6.07, 6.45) is 2.27. The van der Waals surface area contributed by atoms with Crippen molar-refractivity contribution in [2.24, 2.45) is 0 Å². The number of allylic oxidation sites excluding steroid dienone is 1. The molecule has 0 atom stereocenters. The minimum Gasteiger partial charge on any atom is -0.496 e. The second-order valence-electron chi connectivity index (χ2n) is 4.67. The molecule has 0 aliphatic heterocycles. The van der Waals surface area contributed by atoms with Crippen LogP contribution in [0.4, 0.5) is 0 Å². The van der Waals surface area contributed by atoms with Crippen molar-refractivity contribution in [2.45, 2.75) is 34.1 Å². The number of esters is 1. The van der Waals surface area contributed by atoms with Crippen LogP contribution in [0.25, 0.3) is 0 Å². The van der Waals surface area contributed by atoms with Crippen molar-refractivity contribution in [2.75, 3.05) is 13.7 Å². The Morgan fingerprint density at radius 1 is 1.26 bits per heavy atom. The van der Waals surface area contributed by atoms with E-state index in [-0.39, 0.29) is 5.97 Å². The Hall–Kier alpha value is -1.77. The van der Waals surface area contributed by atoms with E-state index in [4.69, 9.17) is 9.47 Å². The highest BCUT2D eigenvalue weighted by atomic mass is 16.5. The van der Waals surface area contributed by atoms with E-state index in [0.29, 0.717) is 6.61 Å². The number of carbonyl (C=O) groups excluding carboxylic acids is 1. The van der Waals surface area contributed by atoms with Gasteiger partial charge in [-0.25, -0.2) is 4.79 Å². The summed E-state index contributed by atoms with van der Waals surface area (Å²) in [6.45, 7) is 8.23. The number of hydrogen-bond donors (Lipinski definition) is 0. The second-order valence-corrected chi connectivity index (χ2v) is 4.67. The Balaban J connectivity index is 2.90. The molecular formula is C16H22O3. The lowest BCUT2D eigenvalue weighted by molar-refractivity contribution is -0.137. The van der Waals surface area contributed by atoms with Crippen LogP contribution in [0.3, 0.4) is 0 Å². The fourth-order valence-corrected chi connectivity index (χ4v) is 2.02.